The number of amides is 2. The standard InChI is InChI=1S/C47H54N4O5S2/c1-27-9-13-33(14-10-27)57-22-19-37-31(5)41(50-46(37)55)24-39-29(3)35(8-7-21-52)43(48-39)26-44-36(17-18-45(53)54)30(4)40(49-44)25-42-32(6)38(47(56)51-42)20-23-58-34-15-11-28(2)12-16-34/h9-16,21,24-25,45,48-49,53-54H,7-8,17-20,22-23,26H2,1-6H3,(H,50,55)(H,51,56)/b41-24-,42-25-. The number of aromatic nitrogens is 2. The zero-order chi connectivity index (χ0) is 41.5. The van der Waals surface area contributed by atoms with Crippen LogP contribution in [-0.2, 0) is 33.6 Å². The van der Waals surface area contributed by atoms with E-state index in [1.165, 1.54) is 20.9 Å². The van der Waals surface area contributed by atoms with Gasteiger partial charge in [-0.25, -0.2) is 0 Å². The van der Waals surface area contributed by atoms with E-state index in [1.54, 1.807) is 23.5 Å². The minimum atomic E-state index is -1.46. The summed E-state index contributed by atoms with van der Waals surface area (Å²) in [4.78, 5) is 47.5. The van der Waals surface area contributed by atoms with Crippen LogP contribution in [0, 0.1) is 27.7 Å². The summed E-state index contributed by atoms with van der Waals surface area (Å²) >= 11 is 3.47. The maximum atomic E-state index is 13.2. The molecular formula is C47H54N4O5S2. The number of thioether (sulfide) groups is 2. The van der Waals surface area contributed by atoms with Gasteiger partial charge in [0.2, 0.25) is 0 Å². The minimum absolute atomic E-state index is 0.0742. The fraction of sp³-hybridized carbons (Fsp3) is 0.340. The van der Waals surface area contributed by atoms with Crippen molar-refractivity contribution in [3.8, 4) is 0 Å². The van der Waals surface area contributed by atoms with E-state index in [9.17, 15) is 24.6 Å². The summed E-state index contributed by atoms with van der Waals surface area (Å²) in [6.07, 6.45) is 6.72. The number of aliphatic hydroxyl groups is 2. The first-order valence-corrected chi connectivity index (χ1v) is 21.9. The Labute approximate surface area is 350 Å². The number of benzene rings is 2. The van der Waals surface area contributed by atoms with Gasteiger partial charge in [-0.1, -0.05) is 35.4 Å². The maximum Gasteiger partial charge on any atom is 0.251 e. The van der Waals surface area contributed by atoms with Crippen molar-refractivity contribution in [3.63, 3.8) is 0 Å². The quantitative estimate of drug-likeness (QED) is 0.0336. The number of aromatic amines is 2. The monoisotopic (exact) mass is 818 g/mol. The van der Waals surface area contributed by atoms with Crippen LogP contribution in [0.15, 0.2) is 92.0 Å². The second-order valence-corrected chi connectivity index (χ2v) is 17.5. The molecule has 6 rings (SSSR count). The lowest BCUT2D eigenvalue weighted by Gasteiger charge is -2.08. The van der Waals surface area contributed by atoms with Crippen molar-refractivity contribution >= 4 is 53.8 Å². The zero-order valence-electron chi connectivity index (χ0n) is 34.2. The number of allylic oxidation sites excluding steroid dienone is 2. The summed E-state index contributed by atoms with van der Waals surface area (Å²) in [6.45, 7) is 12.1. The lowest BCUT2D eigenvalue weighted by molar-refractivity contribution is -0.117. The summed E-state index contributed by atoms with van der Waals surface area (Å²) in [5.41, 5.74) is 14.9. The summed E-state index contributed by atoms with van der Waals surface area (Å²) in [5.74, 6) is 1.42. The average Bonchev–Trinajstić information content (AvgIpc) is 3.84. The zero-order valence-corrected chi connectivity index (χ0v) is 35.9. The van der Waals surface area contributed by atoms with Crippen LogP contribution in [-0.4, -0.2) is 56.1 Å². The third kappa shape index (κ3) is 10.2. The van der Waals surface area contributed by atoms with E-state index in [0.717, 1.165) is 96.5 Å². The van der Waals surface area contributed by atoms with Crippen molar-refractivity contribution in [1.29, 1.82) is 0 Å². The Morgan fingerprint density at radius 1 is 0.621 bits per heavy atom. The molecule has 0 spiro atoms. The predicted octanol–water partition coefficient (Wildman–Crippen LogP) is 8.48. The molecular weight excluding hydrogens is 765 g/mol. The number of H-pyrrole nitrogens is 2. The molecule has 0 saturated heterocycles. The molecule has 4 aromatic rings. The average molecular weight is 819 g/mol. The first-order valence-electron chi connectivity index (χ1n) is 19.9. The molecule has 0 aliphatic carbocycles. The van der Waals surface area contributed by atoms with Crippen LogP contribution < -0.4 is 10.6 Å². The molecule has 0 unspecified atom stereocenters. The molecule has 0 radical (unpaired) electrons. The number of carbonyl (C=O) groups excluding carboxylic acids is 3. The van der Waals surface area contributed by atoms with Crippen LogP contribution in [0.1, 0.15) is 95.7 Å². The number of aliphatic hydroxyl groups excluding tert-OH is 1. The Morgan fingerprint density at radius 2 is 1.05 bits per heavy atom. The molecule has 4 heterocycles. The van der Waals surface area contributed by atoms with Gasteiger partial charge in [0.1, 0.15) is 6.29 Å². The largest absolute Gasteiger partial charge is 0.368 e. The van der Waals surface area contributed by atoms with Gasteiger partial charge in [-0.2, -0.15) is 0 Å². The van der Waals surface area contributed by atoms with Crippen molar-refractivity contribution in [1.82, 2.24) is 20.6 Å². The van der Waals surface area contributed by atoms with Crippen LogP contribution >= 0.6 is 23.5 Å². The van der Waals surface area contributed by atoms with Gasteiger partial charge in [0, 0.05) is 85.9 Å². The van der Waals surface area contributed by atoms with E-state index < -0.39 is 6.29 Å². The molecule has 11 heteroatoms. The summed E-state index contributed by atoms with van der Waals surface area (Å²) in [7, 11) is 0. The Kier molecular flexibility index (Phi) is 14.2. The first-order chi connectivity index (χ1) is 27.8. The molecule has 9 nitrogen and oxygen atoms in total. The lowest BCUT2D eigenvalue weighted by Crippen LogP contribution is -2.16. The fourth-order valence-corrected chi connectivity index (χ4v) is 9.34. The molecule has 0 bridgehead atoms. The van der Waals surface area contributed by atoms with Crippen molar-refractivity contribution in [2.24, 2.45) is 0 Å². The highest BCUT2D eigenvalue weighted by molar-refractivity contribution is 7.99. The van der Waals surface area contributed by atoms with E-state index >= 15 is 0 Å². The van der Waals surface area contributed by atoms with Crippen LogP contribution in [0.5, 0.6) is 0 Å². The lowest BCUT2D eigenvalue weighted by atomic mass is 9.98. The number of rotatable bonds is 18. The Balaban J connectivity index is 1.25. The van der Waals surface area contributed by atoms with E-state index in [-0.39, 0.29) is 18.2 Å². The molecule has 2 aliphatic heterocycles. The van der Waals surface area contributed by atoms with Crippen LogP contribution in [0.3, 0.4) is 0 Å². The Bertz CT molecular complexity index is 2310. The van der Waals surface area contributed by atoms with Crippen LogP contribution in [0.2, 0.25) is 0 Å². The Hall–Kier alpha value is -4.81. The van der Waals surface area contributed by atoms with Gasteiger partial charge >= 0.3 is 0 Å². The molecule has 58 heavy (non-hydrogen) atoms. The number of carbonyl (C=O) groups is 3. The van der Waals surface area contributed by atoms with Crippen molar-refractivity contribution in [2.75, 3.05) is 11.5 Å². The third-order valence-corrected chi connectivity index (χ3v) is 13.2. The second kappa shape index (κ2) is 19.3. The number of hydrogen-bond acceptors (Lipinski definition) is 7. The molecule has 2 aromatic heterocycles. The molecule has 2 aliphatic rings. The normalized spacial score (nSPS) is 15.8. The highest BCUT2D eigenvalue weighted by Gasteiger charge is 2.27. The van der Waals surface area contributed by atoms with Gasteiger partial charge in [0.25, 0.3) is 11.8 Å². The van der Waals surface area contributed by atoms with Gasteiger partial charge in [0.15, 0.2) is 6.29 Å². The smallest absolute Gasteiger partial charge is 0.251 e. The molecule has 2 aromatic carbocycles. The number of aryl methyl sites for hydroxylation is 2. The topological polar surface area (TPSA) is 147 Å². The molecule has 0 atom stereocenters. The Morgan fingerprint density at radius 3 is 1.47 bits per heavy atom. The molecule has 304 valence electrons. The van der Waals surface area contributed by atoms with Crippen molar-refractivity contribution < 1.29 is 24.6 Å². The molecule has 0 fully saturated rings. The highest BCUT2D eigenvalue weighted by Crippen LogP contribution is 2.33. The predicted molar refractivity (Wildman–Crippen MR) is 235 cm³/mol. The maximum absolute atomic E-state index is 13.2. The number of hydrogen-bond donors (Lipinski definition) is 6. The molecule has 6 N–H and O–H groups in total. The highest BCUT2D eigenvalue weighted by atomic mass is 32.2. The summed E-state index contributed by atoms with van der Waals surface area (Å²) in [6, 6.07) is 16.8. The summed E-state index contributed by atoms with van der Waals surface area (Å²) in [5, 5.41) is 25.9. The van der Waals surface area contributed by atoms with Crippen LogP contribution in [0.4, 0.5) is 0 Å². The van der Waals surface area contributed by atoms with E-state index in [2.05, 4.69) is 83.0 Å². The number of nitrogens with one attached hydrogen (secondary N) is 4. The minimum Gasteiger partial charge on any atom is -0.368 e. The van der Waals surface area contributed by atoms with Crippen molar-refractivity contribution in [2.45, 2.75) is 103 Å². The van der Waals surface area contributed by atoms with Crippen molar-refractivity contribution in [3.05, 3.63) is 138 Å². The van der Waals surface area contributed by atoms with E-state index in [4.69, 9.17) is 0 Å². The third-order valence-electron chi connectivity index (χ3n) is 11.2. The number of aldehydes is 1. The van der Waals surface area contributed by atoms with E-state index in [0.29, 0.717) is 38.5 Å². The second-order valence-electron chi connectivity index (χ2n) is 15.2. The van der Waals surface area contributed by atoms with Gasteiger partial charge in [-0.05, 0) is 137 Å². The fourth-order valence-electron chi connectivity index (χ4n) is 7.60. The first kappa shape index (κ1) is 42.8. The van der Waals surface area contributed by atoms with Gasteiger partial charge in [-0.15, -0.1) is 23.5 Å². The van der Waals surface area contributed by atoms with Crippen LogP contribution in [0.25, 0.3) is 12.2 Å². The van der Waals surface area contributed by atoms with Gasteiger partial charge < -0.3 is 35.6 Å². The van der Waals surface area contributed by atoms with Gasteiger partial charge in [0.05, 0.1) is 0 Å². The molecule has 0 saturated carbocycles. The molecule has 2 amide bonds. The van der Waals surface area contributed by atoms with E-state index in [1.807, 2.05) is 39.8 Å². The SMILES string of the molecule is CC1=C(CCSc2ccc(C)cc2)C(=O)N/C1=C\c1[nH]c(Cc2[nH]c(/C=C3\NC(=O)C(CCSc4ccc(C)cc4)=C3C)c(C)c2CCC(O)O)c(CCC=O)c1C. The summed E-state index contributed by atoms with van der Waals surface area (Å²) < 4.78 is 0. The van der Waals surface area contributed by atoms with Gasteiger partial charge in [-0.3, -0.25) is 9.59 Å².